The summed E-state index contributed by atoms with van der Waals surface area (Å²) in [6.45, 7) is 0.139. The fourth-order valence-electron chi connectivity index (χ4n) is 1.87. The van der Waals surface area contributed by atoms with Crippen LogP contribution >= 0.6 is 0 Å². The van der Waals surface area contributed by atoms with Crippen molar-refractivity contribution in [2.45, 2.75) is 25.2 Å². The number of rotatable bonds is 3. The Hall–Kier alpha value is -1.16. The molecule has 0 saturated carbocycles. The summed E-state index contributed by atoms with van der Waals surface area (Å²) in [4.78, 5) is 0. The molecule has 1 aromatic carbocycles. The van der Waals surface area contributed by atoms with Gasteiger partial charge < -0.3 is 9.84 Å². The molecule has 0 saturated heterocycles. The highest BCUT2D eigenvalue weighted by Gasteiger charge is 2.31. The molecule has 1 aliphatic heterocycles. The smallest absolute Gasteiger partial charge is 0.275 e. The van der Waals surface area contributed by atoms with Gasteiger partial charge in [0.2, 0.25) is 0 Å². The van der Waals surface area contributed by atoms with Gasteiger partial charge in [-0.25, -0.2) is 8.78 Å². The van der Waals surface area contributed by atoms with E-state index in [9.17, 15) is 8.78 Å². The number of aryl methyl sites for hydroxylation is 1. The van der Waals surface area contributed by atoms with Gasteiger partial charge in [-0.15, -0.1) is 0 Å². The SMILES string of the molecule is OCCC(F)(F)c1ccc2c(c1)CCCO2. The van der Waals surface area contributed by atoms with Crippen LogP contribution in [0.4, 0.5) is 8.78 Å². The third kappa shape index (κ3) is 2.16. The van der Waals surface area contributed by atoms with E-state index in [4.69, 9.17) is 9.84 Å². The number of benzene rings is 1. The highest BCUT2D eigenvalue weighted by Crippen LogP contribution is 2.35. The van der Waals surface area contributed by atoms with Crippen LogP contribution in [0.5, 0.6) is 5.75 Å². The molecule has 1 aliphatic rings. The average Bonchev–Trinajstić information content (AvgIpc) is 2.28. The number of ether oxygens (including phenoxy) is 1. The van der Waals surface area contributed by atoms with E-state index < -0.39 is 19.0 Å². The number of fused-ring (bicyclic) bond motifs is 1. The first-order valence-electron chi connectivity index (χ1n) is 5.38. The van der Waals surface area contributed by atoms with Crippen molar-refractivity contribution >= 4 is 0 Å². The molecule has 0 amide bonds. The van der Waals surface area contributed by atoms with Gasteiger partial charge >= 0.3 is 0 Å². The van der Waals surface area contributed by atoms with Gasteiger partial charge in [0.05, 0.1) is 6.61 Å². The first-order chi connectivity index (χ1) is 7.63. The molecule has 0 bridgehead atoms. The number of hydrogen-bond donors (Lipinski definition) is 1. The van der Waals surface area contributed by atoms with Crippen LogP contribution in [0.2, 0.25) is 0 Å². The minimum Gasteiger partial charge on any atom is -0.493 e. The lowest BCUT2D eigenvalue weighted by Gasteiger charge is -2.21. The molecule has 1 heterocycles. The van der Waals surface area contributed by atoms with Crippen LogP contribution in [-0.4, -0.2) is 18.3 Å². The van der Waals surface area contributed by atoms with Crippen molar-refractivity contribution in [3.8, 4) is 5.75 Å². The summed E-state index contributed by atoms with van der Waals surface area (Å²) in [5.41, 5.74) is 0.798. The molecular formula is C12H14F2O2. The molecule has 0 radical (unpaired) electrons. The lowest BCUT2D eigenvalue weighted by Crippen LogP contribution is -2.17. The molecule has 88 valence electrons. The molecule has 1 aromatic rings. The molecule has 2 nitrogen and oxygen atoms in total. The first kappa shape index (κ1) is 11.3. The van der Waals surface area contributed by atoms with Gasteiger partial charge in [0, 0.05) is 18.6 Å². The van der Waals surface area contributed by atoms with Crippen molar-refractivity contribution in [2.24, 2.45) is 0 Å². The normalized spacial score (nSPS) is 15.4. The Bertz CT molecular complexity index is 377. The monoisotopic (exact) mass is 228 g/mol. The molecule has 0 spiro atoms. The van der Waals surface area contributed by atoms with Crippen molar-refractivity contribution in [1.29, 1.82) is 0 Å². The number of halogens is 2. The van der Waals surface area contributed by atoms with Gasteiger partial charge in [0.25, 0.3) is 5.92 Å². The predicted octanol–water partition coefficient (Wildman–Crippen LogP) is 2.49. The molecule has 2 rings (SSSR count). The Morgan fingerprint density at radius 1 is 1.38 bits per heavy atom. The fourth-order valence-corrected chi connectivity index (χ4v) is 1.87. The van der Waals surface area contributed by atoms with E-state index in [2.05, 4.69) is 0 Å². The van der Waals surface area contributed by atoms with E-state index in [0.717, 1.165) is 18.4 Å². The van der Waals surface area contributed by atoms with Crippen molar-refractivity contribution in [1.82, 2.24) is 0 Å². The van der Waals surface area contributed by atoms with Gasteiger partial charge in [-0.05, 0) is 36.6 Å². The van der Waals surface area contributed by atoms with Crippen molar-refractivity contribution < 1.29 is 18.6 Å². The zero-order valence-electron chi connectivity index (χ0n) is 8.88. The standard InChI is InChI=1S/C12H14F2O2/c13-12(14,5-6-15)10-3-4-11-9(8-10)2-1-7-16-11/h3-4,8,15H,1-2,5-7H2. The van der Waals surface area contributed by atoms with Gasteiger partial charge in [-0.1, -0.05) is 0 Å². The summed E-state index contributed by atoms with van der Waals surface area (Å²) >= 11 is 0. The highest BCUT2D eigenvalue weighted by molar-refractivity contribution is 5.40. The van der Waals surface area contributed by atoms with Crippen LogP contribution in [0.15, 0.2) is 18.2 Å². The predicted molar refractivity (Wildman–Crippen MR) is 55.9 cm³/mol. The fraction of sp³-hybridized carbons (Fsp3) is 0.500. The van der Waals surface area contributed by atoms with E-state index in [1.54, 1.807) is 6.07 Å². The Kier molecular flexibility index (Phi) is 3.10. The minimum atomic E-state index is -2.96. The molecule has 0 fully saturated rings. The Balaban J connectivity index is 2.29. The lowest BCUT2D eigenvalue weighted by molar-refractivity contribution is -0.0270. The summed E-state index contributed by atoms with van der Waals surface area (Å²) < 4.78 is 32.4. The van der Waals surface area contributed by atoms with Crippen LogP contribution in [-0.2, 0) is 12.3 Å². The second kappa shape index (κ2) is 4.37. The lowest BCUT2D eigenvalue weighted by atomic mass is 9.99. The highest BCUT2D eigenvalue weighted by atomic mass is 19.3. The Labute approximate surface area is 92.9 Å². The Morgan fingerprint density at radius 2 is 2.19 bits per heavy atom. The minimum absolute atomic E-state index is 0.0363. The first-order valence-corrected chi connectivity index (χ1v) is 5.38. The molecule has 0 unspecified atom stereocenters. The largest absolute Gasteiger partial charge is 0.493 e. The molecule has 16 heavy (non-hydrogen) atoms. The summed E-state index contributed by atoms with van der Waals surface area (Å²) in [7, 11) is 0. The zero-order valence-corrected chi connectivity index (χ0v) is 8.88. The van der Waals surface area contributed by atoms with Crippen molar-refractivity contribution in [2.75, 3.05) is 13.2 Å². The van der Waals surface area contributed by atoms with Crippen LogP contribution in [0.25, 0.3) is 0 Å². The van der Waals surface area contributed by atoms with Crippen molar-refractivity contribution in [3.63, 3.8) is 0 Å². The van der Waals surface area contributed by atoms with Gasteiger partial charge in [-0.2, -0.15) is 0 Å². The number of aliphatic hydroxyl groups excluding tert-OH is 1. The number of aliphatic hydroxyl groups is 1. The van der Waals surface area contributed by atoms with E-state index in [-0.39, 0.29) is 5.56 Å². The summed E-state index contributed by atoms with van der Waals surface area (Å²) in [6.07, 6.45) is 1.10. The van der Waals surface area contributed by atoms with Gasteiger partial charge in [-0.3, -0.25) is 0 Å². The third-order valence-electron chi connectivity index (χ3n) is 2.76. The zero-order chi connectivity index (χ0) is 11.6. The van der Waals surface area contributed by atoms with Crippen molar-refractivity contribution in [3.05, 3.63) is 29.3 Å². The Morgan fingerprint density at radius 3 is 2.94 bits per heavy atom. The molecule has 0 atom stereocenters. The van der Waals surface area contributed by atoms with Crippen LogP contribution in [0.3, 0.4) is 0 Å². The quantitative estimate of drug-likeness (QED) is 0.861. The van der Waals surface area contributed by atoms with Crippen LogP contribution < -0.4 is 4.74 Å². The van der Waals surface area contributed by atoms with Gasteiger partial charge in [0.1, 0.15) is 5.75 Å². The number of alkyl halides is 2. The molecule has 4 heteroatoms. The van der Waals surface area contributed by atoms with Gasteiger partial charge in [0.15, 0.2) is 0 Å². The average molecular weight is 228 g/mol. The second-order valence-corrected chi connectivity index (χ2v) is 3.95. The molecule has 1 N–H and O–H groups in total. The molecule has 0 aromatic heterocycles. The van der Waals surface area contributed by atoms with Crippen LogP contribution in [0.1, 0.15) is 24.0 Å². The summed E-state index contributed by atoms with van der Waals surface area (Å²) in [5.74, 6) is -2.25. The maximum atomic E-state index is 13.5. The van der Waals surface area contributed by atoms with E-state index in [0.29, 0.717) is 12.4 Å². The maximum absolute atomic E-state index is 13.5. The summed E-state index contributed by atoms with van der Waals surface area (Å²) in [5, 5.41) is 8.60. The van der Waals surface area contributed by atoms with E-state index >= 15 is 0 Å². The number of hydrogen-bond acceptors (Lipinski definition) is 2. The van der Waals surface area contributed by atoms with E-state index in [1.807, 2.05) is 0 Å². The second-order valence-electron chi connectivity index (χ2n) is 3.95. The topological polar surface area (TPSA) is 29.5 Å². The molecular weight excluding hydrogens is 214 g/mol. The third-order valence-corrected chi connectivity index (χ3v) is 2.76. The van der Waals surface area contributed by atoms with E-state index in [1.165, 1.54) is 12.1 Å². The van der Waals surface area contributed by atoms with Crippen LogP contribution in [0, 0.1) is 0 Å². The maximum Gasteiger partial charge on any atom is 0.275 e. The summed E-state index contributed by atoms with van der Waals surface area (Å²) in [6, 6.07) is 4.46. The molecule has 0 aliphatic carbocycles.